The Morgan fingerprint density at radius 1 is 1.42 bits per heavy atom. The van der Waals surface area contributed by atoms with E-state index in [2.05, 4.69) is 4.74 Å². The SMILES string of the molecule is COC(=O)[C@@](O)(/C=C/c1ccccc1Cl)CC(C)=O. The number of carbonyl (C=O) groups excluding carboxylic acids is 2. The molecular weight excluding hydrogens is 268 g/mol. The van der Waals surface area contributed by atoms with Crippen molar-refractivity contribution in [3.8, 4) is 0 Å². The van der Waals surface area contributed by atoms with Crippen molar-refractivity contribution in [2.45, 2.75) is 18.9 Å². The van der Waals surface area contributed by atoms with E-state index in [1.165, 1.54) is 19.1 Å². The molecule has 0 amide bonds. The van der Waals surface area contributed by atoms with Gasteiger partial charge in [-0.25, -0.2) is 4.79 Å². The Bertz CT molecular complexity index is 510. The smallest absolute Gasteiger partial charge is 0.342 e. The van der Waals surface area contributed by atoms with Crippen LogP contribution in [-0.4, -0.2) is 29.6 Å². The number of hydrogen-bond acceptors (Lipinski definition) is 4. The number of carbonyl (C=O) groups is 2. The summed E-state index contributed by atoms with van der Waals surface area (Å²) in [6.07, 6.45) is 2.37. The van der Waals surface area contributed by atoms with E-state index in [0.29, 0.717) is 10.6 Å². The molecule has 0 aliphatic carbocycles. The topological polar surface area (TPSA) is 63.6 Å². The zero-order chi connectivity index (χ0) is 14.5. The Kier molecular flexibility index (Phi) is 5.27. The highest BCUT2D eigenvalue weighted by Crippen LogP contribution is 2.21. The van der Waals surface area contributed by atoms with Crippen LogP contribution in [0.3, 0.4) is 0 Å². The molecule has 0 saturated heterocycles. The zero-order valence-corrected chi connectivity index (χ0v) is 11.5. The highest BCUT2D eigenvalue weighted by molar-refractivity contribution is 6.32. The predicted octanol–water partition coefficient (Wildman–Crippen LogP) is 2.24. The Balaban J connectivity index is 3.04. The highest BCUT2D eigenvalue weighted by atomic mass is 35.5. The van der Waals surface area contributed by atoms with Gasteiger partial charge in [0, 0.05) is 11.4 Å². The molecule has 0 bridgehead atoms. The molecule has 1 aromatic rings. The second-order valence-electron chi connectivity index (χ2n) is 4.15. The normalized spacial score (nSPS) is 14.1. The number of ketones is 1. The van der Waals surface area contributed by atoms with Gasteiger partial charge in [0.15, 0.2) is 5.60 Å². The molecule has 0 spiro atoms. The van der Waals surface area contributed by atoms with Gasteiger partial charge < -0.3 is 9.84 Å². The predicted molar refractivity (Wildman–Crippen MR) is 72.7 cm³/mol. The van der Waals surface area contributed by atoms with Crippen LogP contribution in [0.2, 0.25) is 5.02 Å². The average molecular weight is 283 g/mol. The van der Waals surface area contributed by atoms with Gasteiger partial charge in [0.25, 0.3) is 0 Å². The number of Topliss-reactive ketones (excluding diaryl/α,β-unsaturated/α-hetero) is 1. The Morgan fingerprint density at radius 3 is 2.58 bits per heavy atom. The first kappa shape index (κ1) is 15.4. The molecule has 0 saturated carbocycles. The molecule has 0 unspecified atom stereocenters. The fourth-order valence-electron chi connectivity index (χ4n) is 1.59. The van der Waals surface area contributed by atoms with Crippen LogP contribution in [0.5, 0.6) is 0 Å². The maximum atomic E-state index is 11.6. The molecule has 0 aromatic heterocycles. The lowest BCUT2D eigenvalue weighted by Crippen LogP contribution is -2.39. The summed E-state index contributed by atoms with van der Waals surface area (Å²) >= 11 is 5.96. The first-order chi connectivity index (χ1) is 8.89. The largest absolute Gasteiger partial charge is 0.467 e. The minimum absolute atomic E-state index is 0.322. The highest BCUT2D eigenvalue weighted by Gasteiger charge is 2.35. The molecule has 5 heteroatoms. The van der Waals surface area contributed by atoms with Crippen LogP contribution in [-0.2, 0) is 14.3 Å². The monoisotopic (exact) mass is 282 g/mol. The number of ether oxygens (including phenoxy) is 1. The van der Waals surface area contributed by atoms with E-state index in [9.17, 15) is 14.7 Å². The van der Waals surface area contributed by atoms with Crippen LogP contribution < -0.4 is 0 Å². The Hall–Kier alpha value is -1.65. The summed E-state index contributed by atoms with van der Waals surface area (Å²) < 4.78 is 4.51. The lowest BCUT2D eigenvalue weighted by atomic mass is 9.96. The molecule has 4 nitrogen and oxygen atoms in total. The van der Waals surface area contributed by atoms with E-state index in [0.717, 1.165) is 7.11 Å². The zero-order valence-electron chi connectivity index (χ0n) is 10.7. The van der Waals surface area contributed by atoms with Crippen molar-refractivity contribution in [3.63, 3.8) is 0 Å². The van der Waals surface area contributed by atoms with Gasteiger partial charge in [-0.1, -0.05) is 35.9 Å². The molecule has 1 atom stereocenters. The van der Waals surface area contributed by atoms with Gasteiger partial charge in [-0.3, -0.25) is 4.79 Å². The first-order valence-electron chi connectivity index (χ1n) is 5.63. The summed E-state index contributed by atoms with van der Waals surface area (Å²) in [5, 5.41) is 10.7. The summed E-state index contributed by atoms with van der Waals surface area (Å²) in [4.78, 5) is 22.7. The molecule has 1 aromatic carbocycles. The molecule has 1 N–H and O–H groups in total. The fourth-order valence-corrected chi connectivity index (χ4v) is 1.79. The lowest BCUT2D eigenvalue weighted by Gasteiger charge is -2.20. The summed E-state index contributed by atoms with van der Waals surface area (Å²) in [5.41, 5.74) is -1.34. The second-order valence-corrected chi connectivity index (χ2v) is 4.56. The van der Waals surface area contributed by atoms with Crippen molar-refractivity contribution in [2.24, 2.45) is 0 Å². The summed E-state index contributed by atoms with van der Waals surface area (Å²) in [6.45, 7) is 1.29. The quantitative estimate of drug-likeness (QED) is 0.841. The van der Waals surface area contributed by atoms with Gasteiger partial charge in [0.2, 0.25) is 0 Å². The van der Waals surface area contributed by atoms with E-state index in [4.69, 9.17) is 11.6 Å². The third-order valence-electron chi connectivity index (χ3n) is 2.50. The lowest BCUT2D eigenvalue weighted by molar-refractivity contribution is -0.159. The van der Waals surface area contributed by atoms with Gasteiger partial charge in [-0.15, -0.1) is 0 Å². The van der Waals surface area contributed by atoms with Crippen LogP contribution in [0.15, 0.2) is 30.3 Å². The summed E-state index contributed by atoms with van der Waals surface area (Å²) in [6, 6.07) is 6.95. The van der Waals surface area contributed by atoms with Crippen molar-refractivity contribution in [3.05, 3.63) is 40.9 Å². The standard InChI is InChI=1S/C14H15ClO4/c1-10(16)9-14(18,13(17)19-2)8-7-11-5-3-4-6-12(11)15/h3-8,18H,9H2,1-2H3/b8-7+/t14-/m1/s1. The number of rotatable bonds is 5. The third kappa shape index (κ3) is 4.19. The van der Waals surface area contributed by atoms with E-state index in [1.54, 1.807) is 24.3 Å². The van der Waals surface area contributed by atoms with E-state index in [1.807, 2.05) is 0 Å². The Morgan fingerprint density at radius 2 is 2.05 bits per heavy atom. The van der Waals surface area contributed by atoms with Crippen molar-refractivity contribution in [2.75, 3.05) is 7.11 Å². The number of methoxy groups -OCH3 is 1. The van der Waals surface area contributed by atoms with Crippen LogP contribution in [0, 0.1) is 0 Å². The molecule has 0 aliphatic rings. The number of halogens is 1. The molecule has 102 valence electrons. The van der Waals surface area contributed by atoms with E-state index in [-0.39, 0.29) is 12.2 Å². The molecule has 0 radical (unpaired) electrons. The van der Waals surface area contributed by atoms with Crippen molar-refractivity contribution in [1.82, 2.24) is 0 Å². The number of aliphatic hydroxyl groups is 1. The van der Waals surface area contributed by atoms with Crippen molar-refractivity contribution >= 4 is 29.4 Å². The molecule has 1 rings (SSSR count). The molecule has 0 aliphatic heterocycles. The van der Waals surface area contributed by atoms with Gasteiger partial charge in [0.1, 0.15) is 5.78 Å². The van der Waals surface area contributed by atoms with Gasteiger partial charge in [-0.2, -0.15) is 0 Å². The van der Waals surface area contributed by atoms with Gasteiger partial charge in [0.05, 0.1) is 7.11 Å². The van der Waals surface area contributed by atoms with E-state index >= 15 is 0 Å². The minimum Gasteiger partial charge on any atom is -0.467 e. The molecular formula is C14H15ClO4. The van der Waals surface area contributed by atoms with E-state index < -0.39 is 11.6 Å². The first-order valence-corrected chi connectivity index (χ1v) is 6.01. The van der Waals surface area contributed by atoms with Crippen LogP contribution in [0.25, 0.3) is 6.08 Å². The molecule has 19 heavy (non-hydrogen) atoms. The second kappa shape index (κ2) is 6.50. The summed E-state index contributed by atoms with van der Waals surface area (Å²) in [5.74, 6) is -1.21. The minimum atomic E-state index is -1.97. The van der Waals surface area contributed by atoms with Crippen molar-refractivity contribution in [1.29, 1.82) is 0 Å². The van der Waals surface area contributed by atoms with Crippen LogP contribution in [0.1, 0.15) is 18.9 Å². The maximum absolute atomic E-state index is 11.6. The third-order valence-corrected chi connectivity index (χ3v) is 2.85. The number of hydrogen-bond donors (Lipinski definition) is 1. The maximum Gasteiger partial charge on any atom is 0.342 e. The Labute approximate surface area is 116 Å². The number of esters is 1. The molecule has 0 fully saturated rings. The van der Waals surface area contributed by atoms with Crippen LogP contribution in [0.4, 0.5) is 0 Å². The molecule has 0 heterocycles. The fraction of sp³-hybridized carbons (Fsp3) is 0.286. The van der Waals surface area contributed by atoms with Gasteiger partial charge >= 0.3 is 5.97 Å². The summed E-state index contributed by atoms with van der Waals surface area (Å²) in [7, 11) is 1.15. The average Bonchev–Trinajstić information content (AvgIpc) is 2.36. The number of benzene rings is 1. The van der Waals surface area contributed by atoms with Crippen LogP contribution >= 0.6 is 11.6 Å². The van der Waals surface area contributed by atoms with Gasteiger partial charge in [-0.05, 0) is 24.6 Å². The van der Waals surface area contributed by atoms with Crippen molar-refractivity contribution < 1.29 is 19.4 Å².